The molecule has 0 aliphatic rings. The van der Waals surface area contributed by atoms with Crippen LogP contribution in [0.2, 0.25) is 0 Å². The molecule has 0 bridgehead atoms. The van der Waals surface area contributed by atoms with Crippen molar-refractivity contribution >= 4 is 0 Å². The number of hydrogen-bond donors (Lipinski definition) is 1. The number of rotatable bonds is 4. The number of unbranched alkanes of at least 4 members (excludes halogenated alkanes) is 1. The molecule has 1 nitrogen and oxygen atoms in total. The minimum absolute atomic E-state index is 0.288. The highest BCUT2D eigenvalue weighted by molar-refractivity contribution is 5.35. The van der Waals surface area contributed by atoms with E-state index in [4.69, 9.17) is 5.73 Å². The van der Waals surface area contributed by atoms with Crippen LogP contribution in [-0.4, -0.2) is 6.54 Å². The number of nitrogens with two attached hydrogens (primary N) is 1. The molecule has 0 aromatic heterocycles. The van der Waals surface area contributed by atoms with Gasteiger partial charge in [-0.2, -0.15) is 13.2 Å². The predicted molar refractivity (Wildman–Crippen MR) is 72.1 cm³/mol. The van der Waals surface area contributed by atoms with E-state index in [2.05, 4.69) is 0 Å². The average Bonchev–Trinajstić information content (AvgIpc) is 2.27. The molecular weight excluding hydrogens is 251 g/mol. The zero-order chi connectivity index (χ0) is 14.7. The van der Waals surface area contributed by atoms with Crippen LogP contribution in [0.25, 0.3) is 0 Å². The summed E-state index contributed by atoms with van der Waals surface area (Å²) in [5.41, 5.74) is 6.04. The Balaban J connectivity index is 3.10. The second-order valence-electron chi connectivity index (χ2n) is 5.91. The second kappa shape index (κ2) is 5.95. The lowest BCUT2D eigenvalue weighted by molar-refractivity contribution is -0.137. The smallest absolute Gasteiger partial charge is 0.330 e. The van der Waals surface area contributed by atoms with Gasteiger partial charge in [0.2, 0.25) is 0 Å². The molecule has 1 aromatic carbocycles. The molecule has 0 fully saturated rings. The molecule has 1 rings (SSSR count). The predicted octanol–water partition coefficient (Wildman–Crippen LogP) is 4.28. The molecule has 0 saturated carbocycles. The second-order valence-corrected chi connectivity index (χ2v) is 5.91. The van der Waals surface area contributed by atoms with Crippen molar-refractivity contribution in [2.75, 3.05) is 6.54 Å². The minimum Gasteiger partial charge on any atom is -0.330 e. The molecule has 108 valence electrons. The van der Waals surface area contributed by atoms with E-state index in [1.807, 2.05) is 26.8 Å². The van der Waals surface area contributed by atoms with Crippen LogP contribution in [-0.2, 0) is 18.0 Å². The first kappa shape index (κ1) is 16.0. The summed E-state index contributed by atoms with van der Waals surface area (Å²) in [5.74, 6) is 0. The lowest BCUT2D eigenvalue weighted by Gasteiger charge is -2.22. The molecule has 1 aromatic rings. The zero-order valence-corrected chi connectivity index (χ0v) is 11.8. The van der Waals surface area contributed by atoms with Crippen molar-refractivity contribution in [1.82, 2.24) is 0 Å². The summed E-state index contributed by atoms with van der Waals surface area (Å²) in [6.07, 6.45) is -1.99. The minimum atomic E-state index is -4.29. The molecule has 0 amide bonds. The fourth-order valence-corrected chi connectivity index (χ4v) is 1.91. The first-order chi connectivity index (χ1) is 8.64. The summed E-state index contributed by atoms with van der Waals surface area (Å²) in [4.78, 5) is 0. The molecule has 4 heteroatoms. The van der Waals surface area contributed by atoms with Gasteiger partial charge in [0, 0.05) is 0 Å². The maximum Gasteiger partial charge on any atom is 0.416 e. The summed E-state index contributed by atoms with van der Waals surface area (Å²) in [7, 11) is 0. The molecule has 0 atom stereocenters. The molecule has 0 saturated heterocycles. The Hall–Kier alpha value is -1.03. The van der Waals surface area contributed by atoms with Crippen LogP contribution in [0, 0.1) is 0 Å². The SMILES string of the molecule is CC(C)(C)c1cc(CCCCN)cc(C(F)(F)F)c1. The van der Waals surface area contributed by atoms with E-state index in [9.17, 15) is 13.2 Å². The molecule has 0 unspecified atom stereocenters. The van der Waals surface area contributed by atoms with E-state index in [0.717, 1.165) is 24.0 Å². The third-order valence-electron chi connectivity index (χ3n) is 3.11. The van der Waals surface area contributed by atoms with E-state index < -0.39 is 11.7 Å². The van der Waals surface area contributed by atoms with Crippen LogP contribution in [0.1, 0.15) is 50.3 Å². The molecule has 19 heavy (non-hydrogen) atoms. The van der Waals surface area contributed by atoms with Gasteiger partial charge < -0.3 is 5.73 Å². The third kappa shape index (κ3) is 4.86. The van der Waals surface area contributed by atoms with Crippen molar-refractivity contribution in [3.05, 3.63) is 34.9 Å². The van der Waals surface area contributed by atoms with E-state index in [0.29, 0.717) is 13.0 Å². The van der Waals surface area contributed by atoms with E-state index in [-0.39, 0.29) is 5.41 Å². The molecule has 0 radical (unpaired) electrons. The summed E-state index contributed by atoms with van der Waals surface area (Å²) >= 11 is 0. The van der Waals surface area contributed by atoms with Crippen molar-refractivity contribution in [3.8, 4) is 0 Å². The summed E-state index contributed by atoms with van der Waals surface area (Å²) in [6, 6.07) is 4.39. The van der Waals surface area contributed by atoms with Crippen molar-refractivity contribution in [2.24, 2.45) is 5.73 Å². The van der Waals surface area contributed by atoms with Gasteiger partial charge in [0.05, 0.1) is 5.56 Å². The number of benzene rings is 1. The monoisotopic (exact) mass is 273 g/mol. The summed E-state index contributed by atoms with van der Waals surface area (Å²) in [5, 5.41) is 0. The van der Waals surface area contributed by atoms with E-state index in [1.165, 1.54) is 12.1 Å². The fraction of sp³-hybridized carbons (Fsp3) is 0.600. The molecule has 0 aliphatic carbocycles. The van der Waals surface area contributed by atoms with Gasteiger partial charge in [-0.3, -0.25) is 0 Å². The number of aryl methyl sites for hydroxylation is 1. The number of alkyl halides is 3. The maximum atomic E-state index is 12.9. The van der Waals surface area contributed by atoms with Crippen LogP contribution in [0.15, 0.2) is 18.2 Å². The third-order valence-corrected chi connectivity index (χ3v) is 3.11. The van der Waals surface area contributed by atoms with Crippen LogP contribution in [0.4, 0.5) is 13.2 Å². The highest BCUT2D eigenvalue weighted by atomic mass is 19.4. The Morgan fingerprint density at radius 1 is 0.947 bits per heavy atom. The van der Waals surface area contributed by atoms with Crippen molar-refractivity contribution in [3.63, 3.8) is 0 Å². The van der Waals surface area contributed by atoms with Crippen molar-refractivity contribution in [1.29, 1.82) is 0 Å². The van der Waals surface area contributed by atoms with Crippen LogP contribution < -0.4 is 5.73 Å². The highest BCUT2D eigenvalue weighted by Gasteiger charge is 2.32. The quantitative estimate of drug-likeness (QED) is 0.814. The Morgan fingerprint density at radius 2 is 1.53 bits per heavy atom. The standard InChI is InChI=1S/C15H22F3N/c1-14(2,3)12-8-11(6-4-5-7-19)9-13(10-12)15(16,17)18/h8-10H,4-7,19H2,1-3H3. The van der Waals surface area contributed by atoms with Crippen LogP contribution in [0.5, 0.6) is 0 Å². The first-order valence-electron chi connectivity index (χ1n) is 6.56. The van der Waals surface area contributed by atoms with Crippen molar-refractivity contribution in [2.45, 2.75) is 51.6 Å². The normalized spacial score (nSPS) is 12.8. The van der Waals surface area contributed by atoms with Gasteiger partial charge in [0.25, 0.3) is 0 Å². The van der Waals surface area contributed by atoms with Gasteiger partial charge in [-0.1, -0.05) is 26.8 Å². The molecule has 0 heterocycles. The highest BCUT2D eigenvalue weighted by Crippen LogP contribution is 2.34. The fourth-order valence-electron chi connectivity index (χ4n) is 1.91. The maximum absolute atomic E-state index is 12.9. The Morgan fingerprint density at radius 3 is 2.00 bits per heavy atom. The summed E-state index contributed by atoms with van der Waals surface area (Å²) in [6.45, 7) is 6.34. The van der Waals surface area contributed by atoms with Crippen LogP contribution in [0.3, 0.4) is 0 Å². The van der Waals surface area contributed by atoms with Gasteiger partial charge in [-0.25, -0.2) is 0 Å². The van der Waals surface area contributed by atoms with Crippen LogP contribution >= 0.6 is 0 Å². The first-order valence-corrected chi connectivity index (χ1v) is 6.56. The Kier molecular flexibility index (Phi) is 5.02. The Labute approximate surface area is 113 Å². The molecule has 0 aliphatic heterocycles. The van der Waals surface area contributed by atoms with Gasteiger partial charge in [0.1, 0.15) is 0 Å². The number of halogens is 3. The van der Waals surface area contributed by atoms with Gasteiger partial charge in [0.15, 0.2) is 0 Å². The lowest BCUT2D eigenvalue weighted by Crippen LogP contribution is -2.15. The van der Waals surface area contributed by atoms with E-state index in [1.54, 1.807) is 0 Å². The lowest BCUT2D eigenvalue weighted by atomic mass is 9.84. The molecular formula is C15H22F3N. The molecule has 0 spiro atoms. The average molecular weight is 273 g/mol. The zero-order valence-electron chi connectivity index (χ0n) is 11.8. The van der Waals surface area contributed by atoms with Gasteiger partial charge in [-0.05, 0) is 54.5 Å². The van der Waals surface area contributed by atoms with Crippen molar-refractivity contribution < 1.29 is 13.2 Å². The number of hydrogen-bond acceptors (Lipinski definition) is 1. The van der Waals surface area contributed by atoms with Gasteiger partial charge in [-0.15, -0.1) is 0 Å². The topological polar surface area (TPSA) is 26.0 Å². The van der Waals surface area contributed by atoms with E-state index >= 15 is 0 Å². The Bertz CT molecular complexity index is 384. The summed E-state index contributed by atoms with van der Waals surface area (Å²) < 4.78 is 38.7. The van der Waals surface area contributed by atoms with Gasteiger partial charge >= 0.3 is 6.18 Å². The molecule has 2 N–H and O–H groups in total. The largest absolute Gasteiger partial charge is 0.416 e.